The van der Waals surface area contributed by atoms with E-state index in [1.807, 2.05) is 26.0 Å². The predicted octanol–water partition coefficient (Wildman–Crippen LogP) is 4.08. The molecule has 0 aliphatic heterocycles. The zero-order chi connectivity index (χ0) is 13.6. The maximum Gasteiger partial charge on any atom is 0.234 e. The van der Waals surface area contributed by atoms with Gasteiger partial charge in [-0.1, -0.05) is 28.1 Å². The van der Waals surface area contributed by atoms with Gasteiger partial charge in [0, 0.05) is 21.4 Å². The van der Waals surface area contributed by atoms with E-state index < -0.39 is 0 Å². The highest BCUT2D eigenvalue weighted by molar-refractivity contribution is 9.10. The fourth-order valence-corrected chi connectivity index (χ4v) is 2.69. The summed E-state index contributed by atoms with van der Waals surface area (Å²) in [7, 11) is 0. The molecule has 0 saturated heterocycles. The first-order chi connectivity index (χ1) is 9.06. The van der Waals surface area contributed by atoms with Gasteiger partial charge in [-0.3, -0.25) is 4.40 Å². The van der Waals surface area contributed by atoms with Gasteiger partial charge in [0.2, 0.25) is 5.78 Å². The topological polar surface area (TPSA) is 30.2 Å². The van der Waals surface area contributed by atoms with Crippen molar-refractivity contribution < 1.29 is 0 Å². The Morgan fingerprint density at radius 3 is 2.37 bits per heavy atom. The molecular weight excluding hydrogens is 302 g/mol. The molecule has 0 amide bonds. The van der Waals surface area contributed by atoms with Gasteiger partial charge in [-0.05, 0) is 39.0 Å². The highest BCUT2D eigenvalue weighted by Gasteiger charge is 2.13. The number of nitrogens with zero attached hydrogens (tertiary/aromatic N) is 3. The van der Waals surface area contributed by atoms with Crippen molar-refractivity contribution in [2.45, 2.75) is 20.8 Å². The average Bonchev–Trinajstić information content (AvgIpc) is 2.66. The zero-order valence-electron chi connectivity index (χ0n) is 11.1. The molecule has 0 atom stereocenters. The molecule has 4 heteroatoms. The number of hydrogen-bond acceptors (Lipinski definition) is 2. The smallest absolute Gasteiger partial charge is 0.234 e. The van der Waals surface area contributed by atoms with Crippen LogP contribution in [0.5, 0.6) is 0 Å². The molecule has 0 saturated carbocycles. The van der Waals surface area contributed by atoms with Crippen molar-refractivity contribution >= 4 is 21.7 Å². The van der Waals surface area contributed by atoms with Gasteiger partial charge in [-0.15, -0.1) is 0 Å². The van der Waals surface area contributed by atoms with Crippen LogP contribution in [0.3, 0.4) is 0 Å². The third-order valence-corrected chi connectivity index (χ3v) is 3.73. The molecule has 0 bridgehead atoms. The van der Waals surface area contributed by atoms with Crippen molar-refractivity contribution in [3.8, 4) is 11.3 Å². The number of aryl methyl sites for hydroxylation is 3. The first-order valence-electron chi connectivity index (χ1n) is 6.15. The third-order valence-electron chi connectivity index (χ3n) is 3.20. The Labute approximate surface area is 120 Å². The highest BCUT2D eigenvalue weighted by atomic mass is 79.9. The predicted molar refractivity (Wildman–Crippen MR) is 80.3 cm³/mol. The first-order valence-corrected chi connectivity index (χ1v) is 6.95. The molecule has 0 N–H and O–H groups in total. The van der Waals surface area contributed by atoms with Crippen LogP contribution in [0.25, 0.3) is 17.0 Å². The minimum absolute atomic E-state index is 0.771. The summed E-state index contributed by atoms with van der Waals surface area (Å²) in [4.78, 5) is 9.08. The van der Waals surface area contributed by atoms with E-state index in [9.17, 15) is 0 Å². The molecule has 0 aliphatic carbocycles. The normalized spacial score (nSPS) is 11.2. The number of aromatic nitrogens is 3. The number of halogens is 1. The molecule has 0 spiro atoms. The van der Waals surface area contributed by atoms with Crippen molar-refractivity contribution in [3.63, 3.8) is 0 Å². The molecule has 2 heterocycles. The van der Waals surface area contributed by atoms with Gasteiger partial charge >= 0.3 is 0 Å². The lowest BCUT2D eigenvalue weighted by Gasteiger charge is -2.07. The molecular formula is C15H14BrN3. The van der Waals surface area contributed by atoms with Crippen molar-refractivity contribution in [2.24, 2.45) is 0 Å². The second kappa shape index (κ2) is 4.46. The van der Waals surface area contributed by atoms with Crippen LogP contribution in [-0.2, 0) is 0 Å². The zero-order valence-corrected chi connectivity index (χ0v) is 12.7. The van der Waals surface area contributed by atoms with Crippen LogP contribution in [0.1, 0.15) is 17.1 Å². The summed E-state index contributed by atoms with van der Waals surface area (Å²) in [6.45, 7) is 6.11. The fraction of sp³-hybridized carbons (Fsp3) is 0.200. The molecule has 3 nitrogen and oxygen atoms in total. The van der Waals surface area contributed by atoms with Crippen LogP contribution in [0.4, 0.5) is 0 Å². The average molecular weight is 316 g/mol. The SMILES string of the molecule is Cc1cc(C)n2c(-c3ccc(Br)cc3)c(C)nc2n1. The van der Waals surface area contributed by atoms with Gasteiger partial charge < -0.3 is 0 Å². The summed E-state index contributed by atoms with van der Waals surface area (Å²) in [6, 6.07) is 10.4. The number of fused-ring (bicyclic) bond motifs is 1. The summed E-state index contributed by atoms with van der Waals surface area (Å²) in [5, 5.41) is 0. The molecule has 0 unspecified atom stereocenters. The number of rotatable bonds is 1. The quantitative estimate of drug-likeness (QED) is 0.677. The highest BCUT2D eigenvalue weighted by Crippen LogP contribution is 2.27. The Balaban J connectivity index is 2.34. The lowest BCUT2D eigenvalue weighted by molar-refractivity contribution is 1.02. The summed E-state index contributed by atoms with van der Waals surface area (Å²) < 4.78 is 3.19. The molecule has 1 aromatic carbocycles. The standard InChI is InChI=1S/C15H14BrN3/c1-9-8-10(2)19-14(11(3)18-15(19)17-9)12-4-6-13(16)7-5-12/h4-8H,1-3H3. The molecule has 3 rings (SSSR count). The van der Waals surface area contributed by atoms with Crippen LogP contribution < -0.4 is 0 Å². The molecule has 2 aromatic heterocycles. The fourth-order valence-electron chi connectivity index (χ4n) is 2.43. The lowest BCUT2D eigenvalue weighted by Crippen LogP contribution is -1.98. The van der Waals surface area contributed by atoms with Crippen LogP contribution in [-0.4, -0.2) is 14.4 Å². The maximum atomic E-state index is 4.57. The lowest BCUT2D eigenvalue weighted by atomic mass is 10.1. The summed E-state index contributed by atoms with van der Waals surface area (Å²) in [6.07, 6.45) is 0. The molecule has 19 heavy (non-hydrogen) atoms. The van der Waals surface area contributed by atoms with Crippen LogP contribution in [0.2, 0.25) is 0 Å². The Bertz CT molecular complexity index is 757. The third kappa shape index (κ3) is 2.06. The van der Waals surface area contributed by atoms with Crippen LogP contribution >= 0.6 is 15.9 Å². The van der Waals surface area contributed by atoms with E-state index in [4.69, 9.17) is 0 Å². The second-order valence-corrected chi connectivity index (χ2v) is 5.64. The van der Waals surface area contributed by atoms with Crippen LogP contribution in [0.15, 0.2) is 34.8 Å². The van der Waals surface area contributed by atoms with Crippen molar-refractivity contribution in [2.75, 3.05) is 0 Å². The van der Waals surface area contributed by atoms with Gasteiger partial charge in [-0.25, -0.2) is 9.97 Å². The molecule has 0 aliphatic rings. The van der Waals surface area contributed by atoms with Gasteiger partial charge in [0.1, 0.15) is 0 Å². The van der Waals surface area contributed by atoms with Gasteiger partial charge in [0.15, 0.2) is 0 Å². The van der Waals surface area contributed by atoms with Crippen molar-refractivity contribution in [3.05, 3.63) is 51.9 Å². The Hall–Kier alpha value is -1.68. The molecule has 96 valence electrons. The molecule has 3 aromatic rings. The number of imidazole rings is 1. The first kappa shape index (κ1) is 12.4. The van der Waals surface area contributed by atoms with E-state index >= 15 is 0 Å². The van der Waals surface area contributed by atoms with Crippen LogP contribution in [0, 0.1) is 20.8 Å². The van der Waals surface area contributed by atoms with Gasteiger partial charge in [0.05, 0.1) is 11.4 Å². The maximum absolute atomic E-state index is 4.57. The largest absolute Gasteiger partial charge is 0.281 e. The minimum atomic E-state index is 0.771. The Morgan fingerprint density at radius 1 is 1.00 bits per heavy atom. The van der Waals surface area contributed by atoms with Crippen molar-refractivity contribution in [1.29, 1.82) is 0 Å². The van der Waals surface area contributed by atoms with Gasteiger partial charge in [-0.2, -0.15) is 0 Å². The summed E-state index contributed by atoms with van der Waals surface area (Å²) in [5.74, 6) is 0.771. The van der Waals surface area contributed by atoms with E-state index in [0.717, 1.165) is 38.6 Å². The van der Waals surface area contributed by atoms with E-state index in [1.165, 1.54) is 0 Å². The Morgan fingerprint density at radius 2 is 1.68 bits per heavy atom. The van der Waals surface area contributed by atoms with E-state index in [1.54, 1.807) is 0 Å². The monoisotopic (exact) mass is 315 g/mol. The number of benzene rings is 1. The second-order valence-electron chi connectivity index (χ2n) is 4.73. The minimum Gasteiger partial charge on any atom is -0.281 e. The van der Waals surface area contributed by atoms with Gasteiger partial charge in [0.25, 0.3) is 0 Å². The molecule has 0 radical (unpaired) electrons. The summed E-state index contributed by atoms with van der Waals surface area (Å²) >= 11 is 3.47. The van der Waals surface area contributed by atoms with E-state index in [0.29, 0.717) is 0 Å². The number of hydrogen-bond donors (Lipinski definition) is 0. The summed E-state index contributed by atoms with van der Waals surface area (Å²) in [5.41, 5.74) is 5.43. The Kier molecular flexibility index (Phi) is 2.90. The van der Waals surface area contributed by atoms with E-state index in [2.05, 4.69) is 55.4 Å². The van der Waals surface area contributed by atoms with E-state index in [-0.39, 0.29) is 0 Å². The molecule has 0 fully saturated rings. The van der Waals surface area contributed by atoms with Crippen molar-refractivity contribution in [1.82, 2.24) is 14.4 Å².